The van der Waals surface area contributed by atoms with Crippen molar-refractivity contribution in [1.82, 2.24) is 15.5 Å². The van der Waals surface area contributed by atoms with Crippen LogP contribution < -0.4 is 10.6 Å². The summed E-state index contributed by atoms with van der Waals surface area (Å²) in [4.78, 5) is 12.0. The number of aromatic nitrogens is 2. The summed E-state index contributed by atoms with van der Waals surface area (Å²) in [7, 11) is 0. The van der Waals surface area contributed by atoms with Crippen molar-refractivity contribution in [1.29, 1.82) is 0 Å². The number of aliphatic hydroxyl groups excluding tert-OH is 1. The van der Waals surface area contributed by atoms with Crippen LogP contribution in [0.5, 0.6) is 0 Å². The Balaban J connectivity index is 1.84. The molecule has 2 rings (SSSR count). The summed E-state index contributed by atoms with van der Waals surface area (Å²) in [6, 6.07) is 6.33. The van der Waals surface area contributed by atoms with Gasteiger partial charge in [0.1, 0.15) is 11.9 Å². The Hall–Kier alpha value is -2.41. The van der Waals surface area contributed by atoms with Gasteiger partial charge in [-0.15, -0.1) is 5.10 Å². The van der Waals surface area contributed by atoms with Crippen LogP contribution in [0.4, 0.5) is 10.6 Å². The predicted octanol–water partition coefficient (Wildman–Crippen LogP) is 3.00. The first-order valence-corrected chi connectivity index (χ1v) is 7.89. The van der Waals surface area contributed by atoms with Gasteiger partial charge < -0.3 is 14.8 Å². The van der Waals surface area contributed by atoms with Crippen molar-refractivity contribution in [2.24, 2.45) is 0 Å². The van der Waals surface area contributed by atoms with Crippen molar-refractivity contribution >= 4 is 11.8 Å². The fourth-order valence-electron chi connectivity index (χ4n) is 2.17. The van der Waals surface area contributed by atoms with Gasteiger partial charge in [-0.25, -0.2) is 4.79 Å². The van der Waals surface area contributed by atoms with E-state index in [9.17, 15) is 9.90 Å². The molecule has 2 aromatic heterocycles. The van der Waals surface area contributed by atoms with E-state index >= 15 is 0 Å². The molecule has 0 aromatic carbocycles. The molecule has 0 aliphatic rings. The molecule has 0 saturated heterocycles. The number of hydrogen-bond acceptors (Lipinski definition) is 5. The van der Waals surface area contributed by atoms with Gasteiger partial charge in [0.05, 0.1) is 12.0 Å². The number of nitrogens with zero attached hydrogens (tertiary/aromatic N) is 2. The van der Waals surface area contributed by atoms with Gasteiger partial charge in [-0.1, -0.05) is 20.8 Å². The van der Waals surface area contributed by atoms with Gasteiger partial charge in [-0.2, -0.15) is 5.10 Å². The zero-order valence-electron chi connectivity index (χ0n) is 14.4. The predicted molar refractivity (Wildman–Crippen MR) is 90.6 cm³/mol. The third kappa shape index (κ3) is 5.06. The van der Waals surface area contributed by atoms with Crippen molar-refractivity contribution < 1.29 is 14.3 Å². The first-order valence-electron chi connectivity index (χ1n) is 7.89. The minimum Gasteiger partial charge on any atom is -0.467 e. The molecule has 130 valence electrons. The molecule has 2 amide bonds. The standard InChI is InChI=1S/C17H24N4O3/c1-11(10-12(22)13-6-5-9-24-13)18-16(23)19-15-8-7-14(20-21-15)17(2,3)4/h5-9,11-12,22H,10H2,1-4H3,(H2,18,19,21,23). The summed E-state index contributed by atoms with van der Waals surface area (Å²) in [5.41, 5.74) is 0.757. The third-order valence-corrected chi connectivity index (χ3v) is 3.50. The van der Waals surface area contributed by atoms with Crippen LogP contribution in [0.2, 0.25) is 0 Å². The first kappa shape index (κ1) is 17.9. The van der Waals surface area contributed by atoms with Gasteiger partial charge >= 0.3 is 6.03 Å². The molecule has 0 spiro atoms. The molecule has 24 heavy (non-hydrogen) atoms. The highest BCUT2D eigenvalue weighted by atomic mass is 16.4. The Morgan fingerprint density at radius 1 is 1.29 bits per heavy atom. The number of amides is 2. The highest BCUT2D eigenvalue weighted by molar-refractivity contribution is 5.88. The zero-order chi connectivity index (χ0) is 17.7. The third-order valence-electron chi connectivity index (χ3n) is 3.50. The number of nitrogens with one attached hydrogen (secondary N) is 2. The zero-order valence-corrected chi connectivity index (χ0v) is 14.4. The molecule has 2 atom stereocenters. The summed E-state index contributed by atoms with van der Waals surface area (Å²) in [5, 5.41) is 23.5. The Bertz CT molecular complexity index is 647. The fraction of sp³-hybridized carbons (Fsp3) is 0.471. The van der Waals surface area contributed by atoms with Crippen LogP contribution in [0.15, 0.2) is 34.9 Å². The lowest BCUT2D eigenvalue weighted by molar-refractivity contribution is 0.130. The summed E-state index contributed by atoms with van der Waals surface area (Å²) in [6.45, 7) is 7.94. The van der Waals surface area contributed by atoms with E-state index in [4.69, 9.17) is 4.42 Å². The van der Waals surface area contributed by atoms with Crippen LogP contribution in [0.3, 0.4) is 0 Å². The number of carbonyl (C=O) groups is 1. The summed E-state index contributed by atoms with van der Waals surface area (Å²) < 4.78 is 5.14. The van der Waals surface area contributed by atoms with Crippen LogP contribution >= 0.6 is 0 Å². The van der Waals surface area contributed by atoms with E-state index in [1.54, 1.807) is 25.1 Å². The van der Waals surface area contributed by atoms with Gasteiger partial charge in [0.25, 0.3) is 0 Å². The molecular weight excluding hydrogens is 308 g/mol. The maximum absolute atomic E-state index is 12.0. The summed E-state index contributed by atoms with van der Waals surface area (Å²) >= 11 is 0. The van der Waals surface area contributed by atoms with Gasteiger partial charge in [0, 0.05) is 17.9 Å². The maximum Gasteiger partial charge on any atom is 0.320 e. The number of carbonyl (C=O) groups excluding carboxylic acids is 1. The minimum atomic E-state index is -0.763. The van der Waals surface area contributed by atoms with Crippen LogP contribution in [0, 0.1) is 0 Å². The molecule has 2 aromatic rings. The maximum atomic E-state index is 12.0. The Kier molecular flexibility index (Phi) is 5.56. The van der Waals surface area contributed by atoms with Crippen molar-refractivity contribution in [2.75, 3.05) is 5.32 Å². The lowest BCUT2D eigenvalue weighted by Crippen LogP contribution is -2.37. The quantitative estimate of drug-likeness (QED) is 0.781. The highest BCUT2D eigenvalue weighted by Crippen LogP contribution is 2.20. The molecule has 0 fully saturated rings. The lowest BCUT2D eigenvalue weighted by atomic mass is 9.92. The molecular formula is C17H24N4O3. The van der Waals surface area contributed by atoms with Crippen LogP contribution in [-0.2, 0) is 5.41 Å². The van der Waals surface area contributed by atoms with E-state index in [-0.39, 0.29) is 11.5 Å². The lowest BCUT2D eigenvalue weighted by Gasteiger charge is -2.18. The molecule has 0 bridgehead atoms. The summed E-state index contributed by atoms with van der Waals surface area (Å²) in [6.07, 6.45) is 1.08. The van der Waals surface area contributed by atoms with Crippen LogP contribution in [-0.4, -0.2) is 27.4 Å². The minimum absolute atomic E-state index is 0.0930. The van der Waals surface area contributed by atoms with Crippen molar-refractivity contribution in [2.45, 2.75) is 51.7 Å². The fourth-order valence-corrected chi connectivity index (χ4v) is 2.17. The highest BCUT2D eigenvalue weighted by Gasteiger charge is 2.18. The van der Waals surface area contributed by atoms with Gasteiger partial charge in [-0.3, -0.25) is 5.32 Å². The first-order chi connectivity index (χ1) is 11.3. The van der Waals surface area contributed by atoms with Gasteiger partial charge in [-0.05, 0) is 31.2 Å². The van der Waals surface area contributed by atoms with E-state index in [0.29, 0.717) is 18.0 Å². The summed E-state index contributed by atoms with van der Waals surface area (Å²) in [5.74, 6) is 0.854. The normalized spacial score (nSPS) is 14.0. The number of rotatable bonds is 5. The molecule has 0 saturated carbocycles. The molecule has 0 radical (unpaired) electrons. The molecule has 0 aliphatic carbocycles. The van der Waals surface area contributed by atoms with Crippen molar-refractivity contribution in [3.63, 3.8) is 0 Å². The largest absolute Gasteiger partial charge is 0.467 e. The Morgan fingerprint density at radius 3 is 2.58 bits per heavy atom. The topological polar surface area (TPSA) is 100 Å². The number of aliphatic hydroxyl groups is 1. The van der Waals surface area contributed by atoms with Crippen LogP contribution in [0.25, 0.3) is 0 Å². The second kappa shape index (κ2) is 7.44. The molecule has 2 unspecified atom stereocenters. The average molecular weight is 332 g/mol. The second-order valence-corrected chi connectivity index (χ2v) is 6.82. The molecule has 2 heterocycles. The van der Waals surface area contributed by atoms with E-state index in [0.717, 1.165) is 5.69 Å². The van der Waals surface area contributed by atoms with Crippen LogP contribution in [0.1, 0.15) is 51.7 Å². The van der Waals surface area contributed by atoms with E-state index in [1.165, 1.54) is 6.26 Å². The Labute approximate surface area is 141 Å². The number of urea groups is 1. The van der Waals surface area contributed by atoms with E-state index < -0.39 is 12.1 Å². The number of anilines is 1. The number of hydrogen-bond donors (Lipinski definition) is 3. The molecule has 7 heteroatoms. The average Bonchev–Trinajstić information content (AvgIpc) is 3.00. The number of furan rings is 1. The smallest absolute Gasteiger partial charge is 0.320 e. The van der Waals surface area contributed by atoms with Gasteiger partial charge in [0.2, 0.25) is 0 Å². The van der Waals surface area contributed by atoms with Crippen molar-refractivity contribution in [3.8, 4) is 0 Å². The molecule has 0 aliphatic heterocycles. The molecule has 7 nitrogen and oxygen atoms in total. The Morgan fingerprint density at radius 2 is 2.04 bits per heavy atom. The van der Waals surface area contributed by atoms with Crippen molar-refractivity contribution in [3.05, 3.63) is 42.0 Å². The van der Waals surface area contributed by atoms with E-state index in [2.05, 4.69) is 20.8 Å². The molecule has 3 N–H and O–H groups in total. The second-order valence-electron chi connectivity index (χ2n) is 6.82. The van der Waals surface area contributed by atoms with Gasteiger partial charge in [0.15, 0.2) is 5.82 Å². The monoisotopic (exact) mass is 332 g/mol. The van der Waals surface area contributed by atoms with E-state index in [1.807, 2.05) is 26.8 Å². The SMILES string of the molecule is CC(CC(O)c1ccco1)NC(=O)Nc1ccc(C(C)(C)C)nn1.